The number of pyridine rings is 1. The predicted octanol–water partition coefficient (Wildman–Crippen LogP) is 2.83. The van der Waals surface area contributed by atoms with Crippen molar-refractivity contribution in [2.45, 2.75) is 39.0 Å². The smallest absolute Gasteiger partial charge is 0.340 e. The molecule has 0 radical (unpaired) electrons. The van der Waals surface area contributed by atoms with E-state index >= 15 is 0 Å². The number of carbonyl (C=O) groups is 1. The number of rotatable bonds is 3. The zero-order valence-corrected chi connectivity index (χ0v) is 9.82. The molecule has 16 heavy (non-hydrogen) atoms. The first kappa shape index (κ1) is 11.1. The second kappa shape index (κ2) is 4.64. The summed E-state index contributed by atoms with van der Waals surface area (Å²) in [5.41, 5.74) is 2.59. The van der Waals surface area contributed by atoms with Crippen molar-refractivity contribution in [3.05, 3.63) is 29.1 Å². The summed E-state index contributed by atoms with van der Waals surface area (Å²) in [7, 11) is 0. The monoisotopic (exact) mass is 219 g/mol. The number of aromatic nitrogens is 1. The van der Waals surface area contributed by atoms with Crippen molar-refractivity contribution in [1.29, 1.82) is 0 Å². The van der Waals surface area contributed by atoms with Crippen LogP contribution in [-0.4, -0.2) is 17.6 Å². The van der Waals surface area contributed by atoms with Crippen LogP contribution in [-0.2, 0) is 4.74 Å². The number of nitrogens with zero attached hydrogens (tertiary/aromatic N) is 1. The molecule has 0 aliphatic heterocycles. The molecule has 0 aromatic carbocycles. The van der Waals surface area contributed by atoms with Gasteiger partial charge in [0.05, 0.1) is 17.9 Å². The van der Waals surface area contributed by atoms with Gasteiger partial charge in [0.2, 0.25) is 0 Å². The Hall–Kier alpha value is -1.38. The number of esters is 1. The highest BCUT2D eigenvalue weighted by Crippen LogP contribution is 2.37. The summed E-state index contributed by atoms with van der Waals surface area (Å²) in [6.45, 7) is 4.18. The van der Waals surface area contributed by atoms with Gasteiger partial charge >= 0.3 is 5.97 Å². The van der Waals surface area contributed by atoms with Crippen LogP contribution < -0.4 is 0 Å². The molecule has 0 spiro atoms. The zero-order chi connectivity index (χ0) is 11.5. The fourth-order valence-corrected chi connectivity index (χ4v) is 2.04. The molecule has 1 aliphatic rings. The van der Waals surface area contributed by atoms with Crippen LogP contribution in [0.5, 0.6) is 0 Å². The van der Waals surface area contributed by atoms with E-state index in [1.807, 2.05) is 19.9 Å². The number of carbonyl (C=O) groups excluding carboxylic acids is 1. The SMILES string of the molecule is CCOC(=O)c1c(C)ccnc1C1CCC1. The van der Waals surface area contributed by atoms with Crippen molar-refractivity contribution in [2.75, 3.05) is 6.61 Å². The number of hydrogen-bond acceptors (Lipinski definition) is 3. The van der Waals surface area contributed by atoms with Crippen molar-refractivity contribution < 1.29 is 9.53 Å². The van der Waals surface area contributed by atoms with E-state index in [2.05, 4.69) is 4.98 Å². The van der Waals surface area contributed by atoms with Gasteiger partial charge in [0.15, 0.2) is 0 Å². The molecule has 1 fully saturated rings. The first-order valence-electron chi connectivity index (χ1n) is 5.86. The van der Waals surface area contributed by atoms with E-state index in [0.717, 1.165) is 24.1 Å². The minimum Gasteiger partial charge on any atom is -0.462 e. The molecule has 1 heterocycles. The van der Waals surface area contributed by atoms with Gasteiger partial charge < -0.3 is 4.74 Å². The molecule has 0 amide bonds. The van der Waals surface area contributed by atoms with Gasteiger partial charge in [0.25, 0.3) is 0 Å². The maximum Gasteiger partial charge on any atom is 0.340 e. The third-order valence-corrected chi connectivity index (χ3v) is 3.16. The van der Waals surface area contributed by atoms with E-state index in [0.29, 0.717) is 18.1 Å². The van der Waals surface area contributed by atoms with Crippen molar-refractivity contribution in [1.82, 2.24) is 4.98 Å². The predicted molar refractivity (Wildman–Crippen MR) is 61.5 cm³/mol. The van der Waals surface area contributed by atoms with Crippen LogP contribution in [0.4, 0.5) is 0 Å². The lowest BCUT2D eigenvalue weighted by atomic mass is 9.80. The molecule has 2 rings (SSSR count). The van der Waals surface area contributed by atoms with Gasteiger partial charge in [-0.25, -0.2) is 4.79 Å². The van der Waals surface area contributed by atoms with Gasteiger partial charge in [-0.3, -0.25) is 4.98 Å². The summed E-state index contributed by atoms with van der Waals surface area (Å²) in [4.78, 5) is 16.2. The molecule has 1 aromatic heterocycles. The van der Waals surface area contributed by atoms with Crippen molar-refractivity contribution in [2.24, 2.45) is 0 Å². The summed E-state index contributed by atoms with van der Waals surface area (Å²) >= 11 is 0. The average molecular weight is 219 g/mol. The van der Waals surface area contributed by atoms with Gasteiger partial charge in [0, 0.05) is 12.1 Å². The highest BCUT2D eigenvalue weighted by molar-refractivity contribution is 5.92. The second-order valence-corrected chi connectivity index (χ2v) is 4.24. The van der Waals surface area contributed by atoms with Crippen molar-refractivity contribution >= 4 is 5.97 Å². The van der Waals surface area contributed by atoms with Gasteiger partial charge in [-0.15, -0.1) is 0 Å². The number of hydrogen-bond donors (Lipinski definition) is 0. The summed E-state index contributed by atoms with van der Waals surface area (Å²) in [6.07, 6.45) is 5.31. The molecule has 0 atom stereocenters. The molecule has 0 unspecified atom stereocenters. The summed E-state index contributed by atoms with van der Waals surface area (Å²) in [5.74, 6) is 0.231. The van der Waals surface area contributed by atoms with Crippen LogP contribution in [0.3, 0.4) is 0 Å². The molecule has 3 nitrogen and oxygen atoms in total. The highest BCUT2D eigenvalue weighted by Gasteiger charge is 2.27. The van der Waals surface area contributed by atoms with Gasteiger partial charge in [-0.1, -0.05) is 6.42 Å². The molecule has 1 aromatic rings. The van der Waals surface area contributed by atoms with Crippen LogP contribution in [0.15, 0.2) is 12.3 Å². The molecule has 0 bridgehead atoms. The van der Waals surface area contributed by atoms with Crippen molar-refractivity contribution in [3.63, 3.8) is 0 Å². The molecule has 3 heteroatoms. The topological polar surface area (TPSA) is 39.2 Å². The molecule has 86 valence electrons. The quantitative estimate of drug-likeness (QED) is 0.734. The second-order valence-electron chi connectivity index (χ2n) is 4.24. The Morgan fingerprint density at radius 1 is 1.56 bits per heavy atom. The summed E-state index contributed by atoms with van der Waals surface area (Å²) in [5, 5.41) is 0. The molecular formula is C13H17NO2. The Kier molecular flexibility index (Phi) is 3.22. The van der Waals surface area contributed by atoms with Crippen LogP contribution in [0.25, 0.3) is 0 Å². The molecule has 0 N–H and O–H groups in total. The lowest BCUT2D eigenvalue weighted by Gasteiger charge is -2.26. The Morgan fingerprint density at radius 2 is 2.31 bits per heavy atom. The van der Waals surface area contributed by atoms with Gasteiger partial charge in [-0.2, -0.15) is 0 Å². The maximum atomic E-state index is 11.9. The van der Waals surface area contributed by atoms with E-state index in [1.165, 1.54) is 6.42 Å². The van der Waals surface area contributed by atoms with Crippen LogP contribution in [0, 0.1) is 6.92 Å². The molecular weight excluding hydrogens is 202 g/mol. The largest absolute Gasteiger partial charge is 0.462 e. The molecule has 0 saturated heterocycles. The van der Waals surface area contributed by atoms with E-state index in [4.69, 9.17) is 4.74 Å². The van der Waals surface area contributed by atoms with Gasteiger partial charge in [-0.05, 0) is 38.3 Å². The van der Waals surface area contributed by atoms with Crippen LogP contribution in [0.2, 0.25) is 0 Å². The number of aryl methyl sites for hydroxylation is 1. The summed E-state index contributed by atoms with van der Waals surface area (Å²) < 4.78 is 5.09. The molecule has 1 aliphatic carbocycles. The van der Waals surface area contributed by atoms with E-state index in [1.54, 1.807) is 6.20 Å². The normalized spacial score (nSPS) is 15.6. The third-order valence-electron chi connectivity index (χ3n) is 3.16. The lowest BCUT2D eigenvalue weighted by Crippen LogP contribution is -2.18. The standard InChI is InChI=1S/C13H17NO2/c1-3-16-13(15)11-9(2)7-8-14-12(11)10-5-4-6-10/h7-8,10H,3-6H2,1-2H3. The Bertz CT molecular complexity index is 397. The Balaban J connectivity index is 2.35. The van der Waals surface area contributed by atoms with Crippen LogP contribution in [0.1, 0.15) is 53.7 Å². The van der Waals surface area contributed by atoms with Crippen LogP contribution >= 0.6 is 0 Å². The first-order chi connectivity index (χ1) is 7.74. The minimum absolute atomic E-state index is 0.227. The first-order valence-corrected chi connectivity index (χ1v) is 5.86. The van der Waals surface area contributed by atoms with Gasteiger partial charge in [0.1, 0.15) is 0 Å². The highest BCUT2D eigenvalue weighted by atomic mass is 16.5. The van der Waals surface area contributed by atoms with E-state index in [9.17, 15) is 4.79 Å². The van der Waals surface area contributed by atoms with E-state index in [-0.39, 0.29) is 5.97 Å². The number of ether oxygens (including phenoxy) is 1. The fraction of sp³-hybridized carbons (Fsp3) is 0.538. The van der Waals surface area contributed by atoms with E-state index < -0.39 is 0 Å². The zero-order valence-electron chi connectivity index (χ0n) is 9.82. The van der Waals surface area contributed by atoms with Crippen molar-refractivity contribution in [3.8, 4) is 0 Å². The summed E-state index contributed by atoms with van der Waals surface area (Å²) in [6, 6.07) is 1.87. The fourth-order valence-electron chi connectivity index (χ4n) is 2.04. The Morgan fingerprint density at radius 3 is 2.88 bits per heavy atom. The third kappa shape index (κ3) is 1.94. The molecule has 1 saturated carbocycles. The maximum absolute atomic E-state index is 11.9. The minimum atomic E-state index is -0.227. The lowest BCUT2D eigenvalue weighted by molar-refractivity contribution is 0.0522. The Labute approximate surface area is 95.8 Å². The average Bonchev–Trinajstić information content (AvgIpc) is 2.15.